The summed E-state index contributed by atoms with van der Waals surface area (Å²) >= 11 is 1.84. The fourth-order valence-electron chi connectivity index (χ4n) is 1.69. The molecule has 0 aliphatic carbocycles. The molecule has 0 radical (unpaired) electrons. The van der Waals surface area contributed by atoms with Crippen LogP contribution in [0.3, 0.4) is 0 Å². The van der Waals surface area contributed by atoms with Gasteiger partial charge in [-0.15, -0.1) is 0 Å². The van der Waals surface area contributed by atoms with Crippen LogP contribution in [0.4, 0.5) is 0 Å². The van der Waals surface area contributed by atoms with E-state index in [0.29, 0.717) is 13.2 Å². The van der Waals surface area contributed by atoms with E-state index in [2.05, 4.69) is 78.2 Å². The van der Waals surface area contributed by atoms with Crippen LogP contribution < -0.4 is 0 Å². The number of hydrogen-bond acceptors (Lipinski definition) is 3. The van der Waals surface area contributed by atoms with Crippen molar-refractivity contribution in [1.29, 1.82) is 0 Å². The SMILES string of the molecule is CSC(C)(C)COCc1ccc(CO[Si](C)(C)C(C)(C)C)cc1. The van der Waals surface area contributed by atoms with E-state index >= 15 is 0 Å². The van der Waals surface area contributed by atoms with Crippen LogP contribution in [-0.4, -0.2) is 25.9 Å². The lowest BCUT2D eigenvalue weighted by molar-refractivity contribution is 0.106. The molecule has 0 saturated heterocycles. The molecule has 0 amide bonds. The molecule has 0 atom stereocenters. The minimum Gasteiger partial charge on any atom is -0.413 e. The summed E-state index contributed by atoms with van der Waals surface area (Å²) in [6.45, 7) is 18.0. The number of ether oxygens (including phenoxy) is 1. The Hall–Kier alpha value is -0.293. The van der Waals surface area contributed by atoms with Crippen molar-refractivity contribution in [3.63, 3.8) is 0 Å². The van der Waals surface area contributed by atoms with Crippen LogP contribution in [-0.2, 0) is 22.4 Å². The summed E-state index contributed by atoms with van der Waals surface area (Å²) in [5.74, 6) is 0. The van der Waals surface area contributed by atoms with Crippen molar-refractivity contribution in [3.05, 3.63) is 35.4 Å². The molecular weight excluding hydrogens is 320 g/mol. The molecule has 0 unspecified atom stereocenters. The Morgan fingerprint density at radius 3 is 1.83 bits per heavy atom. The van der Waals surface area contributed by atoms with E-state index in [4.69, 9.17) is 9.16 Å². The van der Waals surface area contributed by atoms with Crippen LogP contribution in [0, 0.1) is 0 Å². The first-order chi connectivity index (χ1) is 10.5. The number of rotatable bonds is 8. The molecule has 0 heterocycles. The second-order valence-electron chi connectivity index (χ2n) is 8.32. The minimum absolute atomic E-state index is 0.178. The van der Waals surface area contributed by atoms with Crippen LogP contribution in [0.15, 0.2) is 24.3 Å². The maximum Gasteiger partial charge on any atom is 0.192 e. The van der Waals surface area contributed by atoms with Gasteiger partial charge in [0.15, 0.2) is 8.32 Å². The van der Waals surface area contributed by atoms with Crippen molar-refractivity contribution in [2.24, 2.45) is 0 Å². The quantitative estimate of drug-likeness (QED) is 0.544. The van der Waals surface area contributed by atoms with Crippen molar-refractivity contribution in [3.8, 4) is 0 Å². The predicted molar refractivity (Wildman–Crippen MR) is 106 cm³/mol. The van der Waals surface area contributed by atoms with E-state index in [-0.39, 0.29) is 9.79 Å². The molecule has 0 spiro atoms. The Balaban J connectivity index is 2.48. The van der Waals surface area contributed by atoms with Crippen LogP contribution in [0.2, 0.25) is 18.1 Å². The molecule has 0 aromatic heterocycles. The smallest absolute Gasteiger partial charge is 0.192 e. The first-order valence-electron chi connectivity index (χ1n) is 8.31. The molecule has 0 aliphatic heterocycles. The van der Waals surface area contributed by atoms with Gasteiger partial charge in [0.1, 0.15) is 0 Å². The van der Waals surface area contributed by atoms with Gasteiger partial charge in [-0.3, -0.25) is 0 Å². The van der Waals surface area contributed by atoms with Gasteiger partial charge in [-0.05, 0) is 49.4 Å². The summed E-state index contributed by atoms with van der Waals surface area (Å²) in [4.78, 5) is 0. The zero-order valence-corrected chi connectivity index (χ0v) is 18.0. The lowest BCUT2D eigenvalue weighted by atomic mass is 10.1. The van der Waals surface area contributed by atoms with E-state index in [9.17, 15) is 0 Å². The normalized spacial score (nSPS) is 13.4. The van der Waals surface area contributed by atoms with Crippen molar-refractivity contribution >= 4 is 20.1 Å². The van der Waals surface area contributed by atoms with Crippen molar-refractivity contribution in [2.45, 2.75) is 70.7 Å². The topological polar surface area (TPSA) is 18.5 Å². The van der Waals surface area contributed by atoms with Gasteiger partial charge < -0.3 is 9.16 Å². The molecule has 2 nitrogen and oxygen atoms in total. The number of hydrogen-bond donors (Lipinski definition) is 0. The lowest BCUT2D eigenvalue weighted by Gasteiger charge is -2.36. The van der Waals surface area contributed by atoms with Crippen molar-refractivity contribution in [2.75, 3.05) is 12.9 Å². The maximum absolute atomic E-state index is 6.27. The summed E-state index contributed by atoms with van der Waals surface area (Å²) in [5, 5.41) is 0.255. The third-order valence-electron chi connectivity index (χ3n) is 4.70. The summed E-state index contributed by atoms with van der Waals surface area (Å²) in [6, 6.07) is 8.62. The highest BCUT2D eigenvalue weighted by Crippen LogP contribution is 2.37. The minimum atomic E-state index is -1.67. The molecule has 1 rings (SSSR count). The van der Waals surface area contributed by atoms with Gasteiger partial charge >= 0.3 is 0 Å². The molecule has 0 fully saturated rings. The fourth-order valence-corrected chi connectivity index (χ4v) is 2.85. The third kappa shape index (κ3) is 7.00. The molecule has 4 heteroatoms. The van der Waals surface area contributed by atoms with Crippen molar-refractivity contribution in [1.82, 2.24) is 0 Å². The molecule has 0 bridgehead atoms. The largest absolute Gasteiger partial charge is 0.413 e. The Morgan fingerprint density at radius 2 is 1.39 bits per heavy atom. The molecule has 0 N–H and O–H groups in total. The molecule has 132 valence electrons. The van der Waals surface area contributed by atoms with Crippen LogP contribution >= 0.6 is 11.8 Å². The van der Waals surface area contributed by atoms with E-state index in [1.165, 1.54) is 11.1 Å². The Labute approximate surface area is 148 Å². The predicted octanol–water partition coefficient (Wildman–Crippen LogP) is 5.87. The van der Waals surface area contributed by atoms with Gasteiger partial charge in [0.25, 0.3) is 0 Å². The maximum atomic E-state index is 6.27. The van der Waals surface area contributed by atoms with Gasteiger partial charge in [-0.2, -0.15) is 11.8 Å². The van der Waals surface area contributed by atoms with Gasteiger partial charge in [0, 0.05) is 4.75 Å². The molecule has 1 aromatic carbocycles. The van der Waals surface area contributed by atoms with Gasteiger partial charge in [-0.25, -0.2) is 0 Å². The second kappa shape index (κ2) is 8.19. The standard InChI is InChI=1S/C19H34O2SSi/c1-18(2,3)23(7,8)21-14-17-11-9-16(10-12-17)13-20-15-19(4,5)22-6/h9-12H,13-15H2,1-8H3. The van der Waals surface area contributed by atoms with E-state index in [0.717, 1.165) is 6.61 Å². The molecular formula is C19H34O2SSi. The molecule has 0 aliphatic rings. The summed E-state index contributed by atoms with van der Waals surface area (Å²) in [6.07, 6.45) is 2.13. The zero-order valence-electron chi connectivity index (χ0n) is 16.2. The van der Waals surface area contributed by atoms with E-state index in [1.54, 1.807) is 0 Å². The first-order valence-corrected chi connectivity index (χ1v) is 12.4. The van der Waals surface area contributed by atoms with Gasteiger partial charge in [-0.1, -0.05) is 45.0 Å². The highest BCUT2D eigenvalue weighted by molar-refractivity contribution is 7.99. The average Bonchev–Trinajstić information content (AvgIpc) is 2.45. The molecule has 1 aromatic rings. The second-order valence-corrected chi connectivity index (χ2v) is 14.6. The van der Waals surface area contributed by atoms with Gasteiger partial charge in [0.2, 0.25) is 0 Å². The monoisotopic (exact) mass is 354 g/mol. The third-order valence-corrected chi connectivity index (χ3v) is 10.4. The summed E-state index contributed by atoms with van der Waals surface area (Å²) in [5.41, 5.74) is 2.46. The zero-order chi connectivity index (χ0) is 17.7. The Kier molecular flexibility index (Phi) is 7.39. The number of thioether (sulfide) groups is 1. The first kappa shape index (κ1) is 20.8. The lowest BCUT2D eigenvalue weighted by Crippen LogP contribution is -2.40. The molecule has 0 saturated carbocycles. The van der Waals surface area contributed by atoms with Crippen LogP contribution in [0.5, 0.6) is 0 Å². The average molecular weight is 355 g/mol. The van der Waals surface area contributed by atoms with E-state index in [1.807, 2.05) is 11.8 Å². The van der Waals surface area contributed by atoms with Crippen molar-refractivity contribution < 1.29 is 9.16 Å². The Bertz CT molecular complexity index is 475. The van der Waals surface area contributed by atoms with Crippen LogP contribution in [0.1, 0.15) is 45.7 Å². The molecule has 23 heavy (non-hydrogen) atoms. The van der Waals surface area contributed by atoms with E-state index < -0.39 is 8.32 Å². The summed E-state index contributed by atoms with van der Waals surface area (Å²) in [7, 11) is -1.67. The van der Waals surface area contributed by atoms with Crippen LogP contribution in [0.25, 0.3) is 0 Å². The fraction of sp³-hybridized carbons (Fsp3) is 0.684. The Morgan fingerprint density at radius 1 is 0.913 bits per heavy atom. The highest BCUT2D eigenvalue weighted by Gasteiger charge is 2.36. The highest BCUT2D eigenvalue weighted by atomic mass is 32.2. The summed E-state index contributed by atoms with van der Waals surface area (Å²) < 4.78 is 12.3. The number of benzene rings is 1. The van der Waals surface area contributed by atoms with Gasteiger partial charge in [0.05, 0.1) is 19.8 Å².